The Morgan fingerprint density at radius 1 is 1.03 bits per heavy atom. The summed E-state index contributed by atoms with van der Waals surface area (Å²) < 4.78 is 44.2. The first-order valence-corrected chi connectivity index (χ1v) is 10.7. The summed E-state index contributed by atoms with van der Waals surface area (Å²) in [6.45, 7) is 0.421. The summed E-state index contributed by atoms with van der Waals surface area (Å²) in [4.78, 5) is 11.5. The molecule has 8 heteroatoms. The molecule has 4 rings (SSSR count). The average Bonchev–Trinajstić information content (AvgIpc) is 3.23. The van der Waals surface area contributed by atoms with Gasteiger partial charge in [-0.1, -0.05) is 6.07 Å². The third kappa shape index (κ3) is 3.49. The number of hydrogen-bond acceptors (Lipinski definition) is 6. The monoisotopic (exact) mass is 415 g/mol. The number of sulfonamides is 1. The molecule has 2 heterocycles. The Hall–Kier alpha value is -2.84. The number of rotatable bonds is 5. The van der Waals surface area contributed by atoms with Crippen LogP contribution in [-0.2, 0) is 10.0 Å². The molecule has 1 aliphatic heterocycles. The highest BCUT2D eigenvalue weighted by atomic mass is 32.2. The van der Waals surface area contributed by atoms with Gasteiger partial charge in [-0.05, 0) is 43.2 Å². The van der Waals surface area contributed by atoms with Gasteiger partial charge in [-0.25, -0.2) is 13.2 Å². The molecule has 1 unspecified atom stereocenters. The van der Waals surface area contributed by atoms with E-state index < -0.39 is 15.6 Å². The molecule has 0 radical (unpaired) electrons. The molecule has 7 nitrogen and oxygen atoms in total. The molecule has 152 valence electrons. The van der Waals surface area contributed by atoms with Crippen molar-refractivity contribution in [3.05, 3.63) is 64.5 Å². The number of fused-ring (bicyclic) bond motifs is 1. The molecule has 0 saturated carbocycles. The summed E-state index contributed by atoms with van der Waals surface area (Å²) in [7, 11) is -0.621. The minimum Gasteiger partial charge on any atom is -0.497 e. The maximum Gasteiger partial charge on any atom is 0.336 e. The van der Waals surface area contributed by atoms with Gasteiger partial charge in [0.05, 0.1) is 25.2 Å². The van der Waals surface area contributed by atoms with Crippen molar-refractivity contribution in [1.29, 1.82) is 0 Å². The van der Waals surface area contributed by atoms with Crippen LogP contribution in [0.15, 0.2) is 62.6 Å². The van der Waals surface area contributed by atoms with Crippen molar-refractivity contribution in [2.45, 2.75) is 23.8 Å². The van der Waals surface area contributed by atoms with E-state index in [1.165, 1.54) is 28.6 Å². The highest BCUT2D eigenvalue weighted by molar-refractivity contribution is 7.89. The molecular formula is C21H21NO6S. The predicted molar refractivity (Wildman–Crippen MR) is 108 cm³/mol. The molecule has 29 heavy (non-hydrogen) atoms. The molecule has 0 bridgehead atoms. The number of hydrogen-bond donors (Lipinski definition) is 0. The summed E-state index contributed by atoms with van der Waals surface area (Å²) >= 11 is 0. The molecule has 3 aromatic rings. The van der Waals surface area contributed by atoms with Gasteiger partial charge in [-0.3, -0.25) is 0 Å². The van der Waals surface area contributed by atoms with E-state index in [1.54, 1.807) is 32.4 Å². The van der Waals surface area contributed by atoms with Gasteiger partial charge in [0.25, 0.3) is 0 Å². The van der Waals surface area contributed by atoms with E-state index in [0.29, 0.717) is 35.4 Å². The first kappa shape index (κ1) is 19.5. The first-order valence-electron chi connectivity index (χ1n) is 9.22. The van der Waals surface area contributed by atoms with Crippen LogP contribution in [0.4, 0.5) is 0 Å². The fourth-order valence-corrected chi connectivity index (χ4v) is 5.49. The SMILES string of the molecule is COc1ccc(C2CCCN2S(=O)(=O)c2ccc3oc(=O)ccc3c2)c(OC)c1. The molecule has 1 fully saturated rings. The fraction of sp³-hybridized carbons (Fsp3) is 0.286. The van der Waals surface area contributed by atoms with Gasteiger partial charge in [-0.15, -0.1) is 0 Å². The number of benzene rings is 2. The zero-order chi connectivity index (χ0) is 20.6. The quantitative estimate of drug-likeness (QED) is 0.594. The van der Waals surface area contributed by atoms with E-state index in [9.17, 15) is 13.2 Å². The summed E-state index contributed by atoms with van der Waals surface area (Å²) in [5, 5.41) is 0.559. The molecule has 1 aromatic heterocycles. The van der Waals surface area contributed by atoms with Crippen molar-refractivity contribution in [2.75, 3.05) is 20.8 Å². The van der Waals surface area contributed by atoms with Crippen LogP contribution in [0.5, 0.6) is 11.5 Å². The van der Waals surface area contributed by atoms with Crippen LogP contribution in [0.25, 0.3) is 11.0 Å². The number of nitrogens with zero attached hydrogens (tertiary/aromatic N) is 1. The normalized spacial score (nSPS) is 17.5. The van der Waals surface area contributed by atoms with Gasteiger partial charge in [0.2, 0.25) is 10.0 Å². The summed E-state index contributed by atoms with van der Waals surface area (Å²) in [6, 6.07) is 12.5. The van der Waals surface area contributed by atoms with Crippen LogP contribution in [0.2, 0.25) is 0 Å². The largest absolute Gasteiger partial charge is 0.497 e. The van der Waals surface area contributed by atoms with Crippen molar-refractivity contribution in [3.63, 3.8) is 0 Å². The van der Waals surface area contributed by atoms with Gasteiger partial charge in [0, 0.05) is 29.6 Å². The van der Waals surface area contributed by atoms with Gasteiger partial charge in [-0.2, -0.15) is 4.31 Å². The van der Waals surface area contributed by atoms with Crippen LogP contribution in [-0.4, -0.2) is 33.5 Å². The Kier molecular flexibility index (Phi) is 5.06. The number of methoxy groups -OCH3 is 2. The minimum absolute atomic E-state index is 0.165. The topological polar surface area (TPSA) is 86.0 Å². The van der Waals surface area contributed by atoms with E-state index in [-0.39, 0.29) is 10.9 Å². The molecule has 0 aliphatic carbocycles. The molecule has 1 atom stereocenters. The van der Waals surface area contributed by atoms with E-state index in [4.69, 9.17) is 13.9 Å². The standard InChI is InChI=1S/C21H21NO6S/c1-26-15-6-8-17(20(13-15)27-2)18-4-3-11-22(18)29(24,25)16-7-9-19-14(12-16)5-10-21(23)28-19/h5-10,12-13,18H,3-4,11H2,1-2H3. The predicted octanol–water partition coefficient (Wildman–Crippen LogP) is 3.34. The second-order valence-electron chi connectivity index (χ2n) is 6.84. The molecule has 2 aromatic carbocycles. The Labute approximate surface area is 168 Å². The zero-order valence-electron chi connectivity index (χ0n) is 16.1. The molecule has 1 saturated heterocycles. The Balaban J connectivity index is 1.75. The fourth-order valence-electron chi connectivity index (χ4n) is 3.78. The lowest BCUT2D eigenvalue weighted by atomic mass is 10.0. The lowest BCUT2D eigenvalue weighted by Crippen LogP contribution is -2.30. The van der Waals surface area contributed by atoms with E-state index in [1.807, 2.05) is 6.07 Å². The van der Waals surface area contributed by atoms with Crippen LogP contribution < -0.4 is 15.1 Å². The first-order chi connectivity index (χ1) is 13.9. The summed E-state index contributed by atoms with van der Waals surface area (Å²) in [5.41, 5.74) is 0.687. The Morgan fingerprint density at radius 3 is 2.62 bits per heavy atom. The Bertz CT molecular complexity index is 1220. The van der Waals surface area contributed by atoms with E-state index >= 15 is 0 Å². The lowest BCUT2D eigenvalue weighted by Gasteiger charge is -2.26. The zero-order valence-corrected chi connectivity index (χ0v) is 16.9. The smallest absolute Gasteiger partial charge is 0.336 e. The highest BCUT2D eigenvalue weighted by Gasteiger charge is 2.37. The summed E-state index contributed by atoms with van der Waals surface area (Å²) in [6.07, 6.45) is 1.45. The van der Waals surface area contributed by atoms with Crippen LogP contribution >= 0.6 is 0 Å². The van der Waals surface area contributed by atoms with Gasteiger partial charge in [0.1, 0.15) is 17.1 Å². The molecule has 0 spiro atoms. The highest BCUT2D eigenvalue weighted by Crippen LogP contribution is 2.41. The number of ether oxygens (including phenoxy) is 2. The van der Waals surface area contributed by atoms with Gasteiger partial charge in [0.15, 0.2) is 0 Å². The van der Waals surface area contributed by atoms with Crippen LogP contribution in [0.1, 0.15) is 24.4 Å². The lowest BCUT2D eigenvalue weighted by molar-refractivity contribution is 0.361. The average molecular weight is 415 g/mol. The van der Waals surface area contributed by atoms with E-state index in [2.05, 4.69) is 0 Å². The molecule has 0 amide bonds. The maximum atomic E-state index is 13.4. The van der Waals surface area contributed by atoms with Crippen molar-refractivity contribution >= 4 is 21.0 Å². The third-order valence-electron chi connectivity index (χ3n) is 5.20. The Morgan fingerprint density at radius 2 is 1.86 bits per heavy atom. The molecule has 0 N–H and O–H groups in total. The second kappa shape index (κ2) is 7.53. The van der Waals surface area contributed by atoms with E-state index in [0.717, 1.165) is 12.0 Å². The molecular weight excluding hydrogens is 394 g/mol. The van der Waals surface area contributed by atoms with Crippen molar-refractivity contribution in [2.24, 2.45) is 0 Å². The van der Waals surface area contributed by atoms with Crippen LogP contribution in [0.3, 0.4) is 0 Å². The second-order valence-corrected chi connectivity index (χ2v) is 8.73. The van der Waals surface area contributed by atoms with Crippen molar-refractivity contribution in [1.82, 2.24) is 4.31 Å². The van der Waals surface area contributed by atoms with Crippen LogP contribution in [0, 0.1) is 0 Å². The van der Waals surface area contributed by atoms with Crippen molar-refractivity contribution in [3.8, 4) is 11.5 Å². The van der Waals surface area contributed by atoms with Crippen molar-refractivity contribution < 1.29 is 22.3 Å². The van der Waals surface area contributed by atoms with Gasteiger partial charge >= 0.3 is 5.63 Å². The maximum absolute atomic E-state index is 13.4. The summed E-state index contributed by atoms with van der Waals surface area (Å²) in [5.74, 6) is 1.24. The third-order valence-corrected chi connectivity index (χ3v) is 7.10. The molecule has 1 aliphatic rings. The van der Waals surface area contributed by atoms with Gasteiger partial charge < -0.3 is 13.9 Å². The minimum atomic E-state index is -3.75.